The van der Waals surface area contributed by atoms with Crippen LogP contribution in [0.2, 0.25) is 0 Å². The Morgan fingerprint density at radius 3 is 2.53 bits per heavy atom. The Balaban J connectivity index is 1.41. The van der Waals surface area contributed by atoms with Gasteiger partial charge in [0.15, 0.2) is 0 Å². The lowest BCUT2D eigenvalue weighted by molar-refractivity contribution is 0.0954. The Morgan fingerprint density at radius 1 is 1.03 bits per heavy atom. The van der Waals surface area contributed by atoms with Crippen LogP contribution in [0.4, 0.5) is 0 Å². The smallest absolute Gasteiger partial charge is 0.271 e. The molecule has 0 spiro atoms. The number of aromatic nitrogens is 2. The molecule has 0 saturated carbocycles. The van der Waals surface area contributed by atoms with Crippen LogP contribution in [0.5, 0.6) is 0 Å². The Labute approximate surface area is 192 Å². The molecule has 2 aromatic carbocycles. The first-order valence-corrected chi connectivity index (χ1v) is 11.8. The fourth-order valence-electron chi connectivity index (χ4n) is 3.69. The highest BCUT2D eigenvalue weighted by Gasteiger charge is 2.09. The number of nitrogens with zero attached hydrogens (tertiary/aromatic N) is 2. The summed E-state index contributed by atoms with van der Waals surface area (Å²) in [6.07, 6.45) is 8.04. The minimum absolute atomic E-state index is 0.100. The number of hydrogen-bond acceptors (Lipinski definition) is 4. The van der Waals surface area contributed by atoms with Crippen molar-refractivity contribution in [2.75, 3.05) is 6.54 Å². The van der Waals surface area contributed by atoms with Crippen molar-refractivity contribution in [1.29, 1.82) is 0 Å². The molecule has 0 saturated heterocycles. The SMILES string of the molecule is Cc1ccc(Sc2ccc(=O)n(-c3ccc(C(=O)NCCC4=CCCCC4)cc3)n2)cc1. The summed E-state index contributed by atoms with van der Waals surface area (Å²) in [4.78, 5) is 25.9. The van der Waals surface area contributed by atoms with Gasteiger partial charge in [0.25, 0.3) is 11.5 Å². The summed E-state index contributed by atoms with van der Waals surface area (Å²) in [6, 6.07) is 18.4. The fraction of sp³-hybridized carbons (Fsp3) is 0.269. The Hall–Kier alpha value is -3.12. The molecule has 5 nitrogen and oxygen atoms in total. The summed E-state index contributed by atoms with van der Waals surface area (Å²) in [5.41, 5.74) is 3.63. The van der Waals surface area contributed by atoms with Crippen molar-refractivity contribution in [3.8, 4) is 5.69 Å². The second kappa shape index (κ2) is 10.5. The van der Waals surface area contributed by atoms with Crippen molar-refractivity contribution in [3.63, 3.8) is 0 Å². The summed E-state index contributed by atoms with van der Waals surface area (Å²) < 4.78 is 1.37. The highest BCUT2D eigenvalue weighted by atomic mass is 32.2. The van der Waals surface area contributed by atoms with Crippen molar-refractivity contribution in [3.05, 3.63) is 93.8 Å². The molecule has 1 N–H and O–H groups in total. The molecule has 0 radical (unpaired) electrons. The quantitative estimate of drug-likeness (QED) is 0.501. The van der Waals surface area contributed by atoms with Crippen LogP contribution < -0.4 is 10.9 Å². The molecular formula is C26H27N3O2S. The van der Waals surface area contributed by atoms with E-state index in [4.69, 9.17) is 0 Å². The van der Waals surface area contributed by atoms with Gasteiger partial charge in [-0.2, -0.15) is 9.78 Å². The highest BCUT2D eigenvalue weighted by molar-refractivity contribution is 7.99. The van der Waals surface area contributed by atoms with Crippen LogP contribution in [-0.2, 0) is 0 Å². The molecule has 0 fully saturated rings. The molecular weight excluding hydrogens is 418 g/mol. The number of allylic oxidation sites excluding steroid dienone is 1. The summed E-state index contributed by atoms with van der Waals surface area (Å²) in [6.45, 7) is 2.69. The van der Waals surface area contributed by atoms with E-state index in [0.29, 0.717) is 17.8 Å². The molecule has 164 valence electrons. The third-order valence-corrected chi connectivity index (χ3v) is 6.44. The van der Waals surface area contributed by atoms with Crippen LogP contribution in [0.3, 0.4) is 0 Å². The van der Waals surface area contributed by atoms with E-state index in [9.17, 15) is 9.59 Å². The number of nitrogens with one attached hydrogen (secondary N) is 1. The molecule has 0 atom stereocenters. The predicted molar refractivity (Wildman–Crippen MR) is 129 cm³/mol. The minimum Gasteiger partial charge on any atom is -0.352 e. The first kappa shape index (κ1) is 22.1. The number of carbonyl (C=O) groups is 1. The summed E-state index contributed by atoms with van der Waals surface area (Å²) >= 11 is 1.50. The Kier molecular flexibility index (Phi) is 7.22. The zero-order chi connectivity index (χ0) is 22.3. The molecule has 0 aliphatic heterocycles. The highest BCUT2D eigenvalue weighted by Crippen LogP contribution is 2.25. The number of benzene rings is 2. The molecule has 1 heterocycles. The average molecular weight is 446 g/mol. The van der Waals surface area contributed by atoms with Gasteiger partial charge in [0, 0.05) is 23.1 Å². The van der Waals surface area contributed by atoms with Gasteiger partial charge >= 0.3 is 0 Å². The standard InChI is InChI=1S/C26H27N3O2S/c1-19-7-13-23(14-8-19)32-24-15-16-25(30)29(28-24)22-11-9-21(10-12-22)26(31)27-18-17-20-5-3-2-4-6-20/h5,7-16H,2-4,6,17-18H2,1H3,(H,27,31). The van der Waals surface area contributed by atoms with Gasteiger partial charge in [0.2, 0.25) is 0 Å². The Bertz CT molecular complexity index is 1160. The average Bonchev–Trinajstić information content (AvgIpc) is 2.82. The van der Waals surface area contributed by atoms with Crippen molar-refractivity contribution >= 4 is 17.7 Å². The van der Waals surface area contributed by atoms with Gasteiger partial charge in [-0.25, -0.2) is 0 Å². The number of rotatable bonds is 7. The van der Waals surface area contributed by atoms with Crippen molar-refractivity contribution in [2.24, 2.45) is 0 Å². The van der Waals surface area contributed by atoms with E-state index in [-0.39, 0.29) is 11.5 Å². The van der Waals surface area contributed by atoms with Crippen molar-refractivity contribution in [2.45, 2.75) is 48.9 Å². The van der Waals surface area contributed by atoms with Gasteiger partial charge < -0.3 is 5.32 Å². The maximum atomic E-state index is 12.5. The summed E-state index contributed by atoms with van der Waals surface area (Å²) in [5.74, 6) is -0.100. The third kappa shape index (κ3) is 5.77. The molecule has 3 aromatic rings. The van der Waals surface area contributed by atoms with Crippen LogP contribution in [0.15, 0.2) is 87.0 Å². The van der Waals surface area contributed by atoms with Crippen LogP contribution in [0.1, 0.15) is 48.0 Å². The first-order chi connectivity index (χ1) is 15.6. The van der Waals surface area contributed by atoms with E-state index < -0.39 is 0 Å². The van der Waals surface area contributed by atoms with Gasteiger partial charge in [0.1, 0.15) is 5.03 Å². The second-order valence-corrected chi connectivity index (χ2v) is 9.09. The normalized spacial score (nSPS) is 13.5. The minimum atomic E-state index is -0.212. The van der Waals surface area contributed by atoms with Crippen LogP contribution in [0, 0.1) is 6.92 Å². The molecule has 0 bridgehead atoms. The van der Waals surface area contributed by atoms with Gasteiger partial charge in [-0.15, -0.1) is 0 Å². The monoisotopic (exact) mass is 445 g/mol. The molecule has 1 aromatic heterocycles. The lowest BCUT2D eigenvalue weighted by Crippen LogP contribution is -2.25. The van der Waals surface area contributed by atoms with E-state index in [0.717, 1.165) is 29.2 Å². The number of aryl methyl sites for hydroxylation is 1. The van der Waals surface area contributed by atoms with Gasteiger partial charge in [0.05, 0.1) is 5.69 Å². The molecule has 0 unspecified atom stereocenters. The van der Waals surface area contributed by atoms with Gasteiger partial charge in [-0.05, 0) is 81.5 Å². The van der Waals surface area contributed by atoms with E-state index in [1.807, 2.05) is 31.2 Å². The molecule has 1 amide bonds. The summed E-state index contributed by atoms with van der Waals surface area (Å²) in [7, 11) is 0. The lowest BCUT2D eigenvalue weighted by atomic mass is 9.97. The first-order valence-electron chi connectivity index (χ1n) is 11.0. The third-order valence-electron chi connectivity index (χ3n) is 5.51. The zero-order valence-corrected chi connectivity index (χ0v) is 19.0. The largest absolute Gasteiger partial charge is 0.352 e. The van der Waals surface area contributed by atoms with E-state index >= 15 is 0 Å². The predicted octanol–water partition coefficient (Wildman–Crippen LogP) is 5.31. The number of carbonyl (C=O) groups excluding carboxylic acids is 1. The van der Waals surface area contributed by atoms with E-state index in [1.54, 1.807) is 30.3 Å². The van der Waals surface area contributed by atoms with Gasteiger partial charge in [-0.3, -0.25) is 9.59 Å². The van der Waals surface area contributed by atoms with Crippen molar-refractivity contribution in [1.82, 2.24) is 15.1 Å². The summed E-state index contributed by atoms with van der Waals surface area (Å²) in [5, 5.41) is 8.22. The topological polar surface area (TPSA) is 64.0 Å². The van der Waals surface area contributed by atoms with E-state index in [2.05, 4.69) is 16.5 Å². The maximum absolute atomic E-state index is 12.5. The van der Waals surface area contributed by atoms with Crippen LogP contribution in [0.25, 0.3) is 5.69 Å². The van der Waals surface area contributed by atoms with Crippen molar-refractivity contribution < 1.29 is 4.79 Å². The molecule has 1 aliphatic rings. The molecule has 4 rings (SSSR count). The molecule has 1 aliphatic carbocycles. The molecule has 32 heavy (non-hydrogen) atoms. The fourth-order valence-corrected chi connectivity index (χ4v) is 4.46. The zero-order valence-electron chi connectivity index (χ0n) is 18.2. The Morgan fingerprint density at radius 2 is 1.81 bits per heavy atom. The number of hydrogen-bond donors (Lipinski definition) is 1. The lowest BCUT2D eigenvalue weighted by Gasteiger charge is -2.13. The molecule has 6 heteroatoms. The van der Waals surface area contributed by atoms with Crippen LogP contribution in [-0.4, -0.2) is 22.2 Å². The maximum Gasteiger partial charge on any atom is 0.271 e. The van der Waals surface area contributed by atoms with Crippen LogP contribution >= 0.6 is 11.8 Å². The number of amides is 1. The van der Waals surface area contributed by atoms with E-state index in [1.165, 1.54) is 46.5 Å². The second-order valence-electron chi connectivity index (χ2n) is 8.00. The van der Waals surface area contributed by atoms with Gasteiger partial charge in [-0.1, -0.05) is 41.1 Å².